The summed E-state index contributed by atoms with van der Waals surface area (Å²) in [5, 5.41) is 6.48. The van der Waals surface area contributed by atoms with Gasteiger partial charge in [0.2, 0.25) is 0 Å². The SMILES string of the molecule is C=C1CN(C)C1CC(C)NC(=O)c1cccc2oc(N3CCNCC3C)nc12. The van der Waals surface area contributed by atoms with Crippen molar-refractivity contribution in [3.05, 3.63) is 35.9 Å². The van der Waals surface area contributed by atoms with E-state index in [1.54, 1.807) is 0 Å². The van der Waals surface area contributed by atoms with Crippen LogP contribution in [0.25, 0.3) is 11.1 Å². The number of likely N-dealkylation sites (tertiary alicyclic amines) is 1. The number of aromatic nitrogens is 1. The maximum Gasteiger partial charge on any atom is 0.298 e. The topological polar surface area (TPSA) is 73.6 Å². The van der Waals surface area contributed by atoms with Crippen LogP contribution in [-0.2, 0) is 0 Å². The molecule has 7 heteroatoms. The molecular formula is C21H29N5O2. The largest absolute Gasteiger partial charge is 0.423 e. The van der Waals surface area contributed by atoms with Gasteiger partial charge in [0, 0.05) is 44.3 Å². The number of carbonyl (C=O) groups excluding carboxylic acids is 1. The van der Waals surface area contributed by atoms with E-state index in [4.69, 9.17) is 4.42 Å². The molecule has 2 saturated heterocycles. The molecule has 2 aliphatic rings. The van der Waals surface area contributed by atoms with Gasteiger partial charge in [-0.1, -0.05) is 12.6 Å². The molecule has 7 nitrogen and oxygen atoms in total. The molecule has 2 aliphatic heterocycles. The summed E-state index contributed by atoms with van der Waals surface area (Å²) >= 11 is 0. The van der Waals surface area contributed by atoms with Crippen molar-refractivity contribution in [3.63, 3.8) is 0 Å². The number of fused-ring (bicyclic) bond motifs is 1. The van der Waals surface area contributed by atoms with Crippen molar-refractivity contribution in [3.8, 4) is 0 Å². The molecule has 1 aromatic heterocycles. The second-order valence-corrected chi connectivity index (χ2v) is 8.09. The number of oxazole rings is 1. The smallest absolute Gasteiger partial charge is 0.298 e. The normalized spacial score (nSPS) is 24.2. The summed E-state index contributed by atoms with van der Waals surface area (Å²) in [6.07, 6.45) is 0.861. The second-order valence-electron chi connectivity index (χ2n) is 8.09. The number of rotatable bonds is 5. The Labute approximate surface area is 165 Å². The zero-order chi connectivity index (χ0) is 19.8. The molecule has 1 aromatic carbocycles. The number of piperazine rings is 1. The minimum absolute atomic E-state index is 0.0480. The summed E-state index contributed by atoms with van der Waals surface area (Å²) in [6.45, 7) is 11.8. The number of para-hydroxylation sites is 1. The molecule has 3 atom stereocenters. The molecule has 2 N–H and O–H groups in total. The number of benzene rings is 1. The van der Waals surface area contributed by atoms with Gasteiger partial charge in [0.25, 0.3) is 11.9 Å². The van der Waals surface area contributed by atoms with Crippen molar-refractivity contribution in [2.45, 2.75) is 38.4 Å². The Hall–Kier alpha value is -2.38. The highest BCUT2D eigenvalue weighted by atomic mass is 16.4. The lowest BCUT2D eigenvalue weighted by Crippen LogP contribution is -2.50. The van der Waals surface area contributed by atoms with E-state index in [2.05, 4.69) is 46.0 Å². The van der Waals surface area contributed by atoms with Crippen molar-refractivity contribution in [2.75, 3.05) is 38.1 Å². The third kappa shape index (κ3) is 3.52. The first-order valence-electron chi connectivity index (χ1n) is 9.99. The minimum Gasteiger partial charge on any atom is -0.423 e. The lowest BCUT2D eigenvalue weighted by molar-refractivity contribution is 0.0927. The average Bonchev–Trinajstić information content (AvgIpc) is 3.10. The maximum atomic E-state index is 12.9. The number of hydrogen-bond acceptors (Lipinski definition) is 6. The first kappa shape index (κ1) is 19.0. The standard InChI is InChI=1S/C21H29N5O2/c1-13-12-25(4)17(13)10-14(2)23-20(27)16-6-5-7-18-19(16)24-21(28-18)26-9-8-22-11-15(26)3/h5-7,14-15,17,22H,1,8-12H2,2-4H3,(H,23,27). The molecule has 2 fully saturated rings. The Morgan fingerprint density at radius 1 is 1.50 bits per heavy atom. The molecular weight excluding hydrogens is 354 g/mol. The minimum atomic E-state index is -0.112. The second kappa shape index (κ2) is 7.56. The highest BCUT2D eigenvalue weighted by Crippen LogP contribution is 2.27. The van der Waals surface area contributed by atoms with Crippen LogP contribution in [0.4, 0.5) is 6.01 Å². The number of nitrogens with one attached hydrogen (secondary N) is 2. The van der Waals surface area contributed by atoms with Gasteiger partial charge in [0.15, 0.2) is 5.58 Å². The van der Waals surface area contributed by atoms with Crippen LogP contribution >= 0.6 is 0 Å². The van der Waals surface area contributed by atoms with Crippen LogP contribution in [0.1, 0.15) is 30.6 Å². The van der Waals surface area contributed by atoms with E-state index in [0.29, 0.717) is 34.8 Å². The van der Waals surface area contributed by atoms with Gasteiger partial charge in [-0.05, 0) is 45.0 Å². The lowest BCUT2D eigenvalue weighted by atomic mass is 9.92. The van der Waals surface area contributed by atoms with E-state index in [1.807, 2.05) is 25.1 Å². The monoisotopic (exact) mass is 383 g/mol. The van der Waals surface area contributed by atoms with E-state index in [9.17, 15) is 4.79 Å². The summed E-state index contributed by atoms with van der Waals surface area (Å²) in [5.41, 5.74) is 3.06. The van der Waals surface area contributed by atoms with Gasteiger partial charge in [-0.25, -0.2) is 0 Å². The number of hydrogen-bond donors (Lipinski definition) is 2. The third-order valence-electron chi connectivity index (χ3n) is 5.81. The van der Waals surface area contributed by atoms with Crippen LogP contribution in [-0.4, -0.2) is 67.1 Å². The van der Waals surface area contributed by atoms with Crippen LogP contribution in [0.5, 0.6) is 0 Å². The number of amides is 1. The van der Waals surface area contributed by atoms with E-state index in [1.165, 1.54) is 5.57 Å². The first-order valence-corrected chi connectivity index (χ1v) is 9.99. The molecule has 1 amide bonds. The number of nitrogens with zero attached hydrogens (tertiary/aromatic N) is 3. The Bertz CT molecular complexity index is 892. The number of anilines is 1. The van der Waals surface area contributed by atoms with Gasteiger partial charge in [-0.2, -0.15) is 4.98 Å². The molecule has 0 spiro atoms. The molecule has 4 rings (SSSR count). The summed E-state index contributed by atoms with van der Waals surface area (Å²) in [4.78, 5) is 22.0. The number of carbonyl (C=O) groups is 1. The molecule has 0 radical (unpaired) electrons. The summed E-state index contributed by atoms with van der Waals surface area (Å²) in [5.74, 6) is -0.112. The molecule has 0 saturated carbocycles. The molecule has 150 valence electrons. The summed E-state index contributed by atoms with van der Waals surface area (Å²) in [7, 11) is 2.09. The Balaban J connectivity index is 1.51. The maximum absolute atomic E-state index is 12.9. The highest BCUT2D eigenvalue weighted by molar-refractivity contribution is 6.04. The van der Waals surface area contributed by atoms with E-state index in [0.717, 1.165) is 32.6 Å². The van der Waals surface area contributed by atoms with Gasteiger partial charge in [0.05, 0.1) is 5.56 Å². The van der Waals surface area contributed by atoms with Crippen molar-refractivity contribution < 1.29 is 9.21 Å². The van der Waals surface area contributed by atoms with Gasteiger partial charge in [-0.3, -0.25) is 9.69 Å². The average molecular weight is 383 g/mol. The fraction of sp³-hybridized carbons (Fsp3) is 0.524. The molecule has 2 aromatic rings. The zero-order valence-electron chi connectivity index (χ0n) is 16.9. The molecule has 28 heavy (non-hydrogen) atoms. The van der Waals surface area contributed by atoms with Crippen molar-refractivity contribution in [1.29, 1.82) is 0 Å². The van der Waals surface area contributed by atoms with Gasteiger partial charge >= 0.3 is 0 Å². The van der Waals surface area contributed by atoms with Crippen LogP contribution in [0.15, 0.2) is 34.8 Å². The Morgan fingerprint density at radius 2 is 2.32 bits per heavy atom. The fourth-order valence-electron chi connectivity index (χ4n) is 4.15. The predicted molar refractivity (Wildman–Crippen MR) is 111 cm³/mol. The van der Waals surface area contributed by atoms with Gasteiger partial charge < -0.3 is 20.0 Å². The van der Waals surface area contributed by atoms with E-state index >= 15 is 0 Å². The van der Waals surface area contributed by atoms with Gasteiger partial charge in [0.1, 0.15) is 5.52 Å². The Kier molecular flexibility index (Phi) is 5.12. The first-order chi connectivity index (χ1) is 13.4. The summed E-state index contributed by atoms with van der Waals surface area (Å²) < 4.78 is 5.98. The van der Waals surface area contributed by atoms with E-state index < -0.39 is 0 Å². The van der Waals surface area contributed by atoms with Crippen molar-refractivity contribution >= 4 is 23.0 Å². The molecule has 0 bridgehead atoms. The predicted octanol–water partition coefficient (Wildman–Crippen LogP) is 2.00. The zero-order valence-corrected chi connectivity index (χ0v) is 16.9. The lowest BCUT2D eigenvalue weighted by Gasteiger charge is -2.41. The quantitative estimate of drug-likeness (QED) is 0.770. The Morgan fingerprint density at radius 3 is 3.04 bits per heavy atom. The van der Waals surface area contributed by atoms with Crippen LogP contribution < -0.4 is 15.5 Å². The molecule has 0 aliphatic carbocycles. The number of likely N-dealkylation sites (N-methyl/N-ethyl adjacent to an activating group) is 1. The van der Waals surface area contributed by atoms with Crippen LogP contribution in [0.3, 0.4) is 0 Å². The molecule has 3 unspecified atom stereocenters. The van der Waals surface area contributed by atoms with E-state index in [-0.39, 0.29) is 11.9 Å². The van der Waals surface area contributed by atoms with Crippen molar-refractivity contribution in [2.24, 2.45) is 0 Å². The van der Waals surface area contributed by atoms with Crippen LogP contribution in [0, 0.1) is 0 Å². The molecule has 3 heterocycles. The summed E-state index contributed by atoms with van der Waals surface area (Å²) in [6, 6.07) is 6.81. The third-order valence-corrected chi connectivity index (χ3v) is 5.81. The van der Waals surface area contributed by atoms with Crippen LogP contribution in [0.2, 0.25) is 0 Å². The van der Waals surface area contributed by atoms with Gasteiger partial charge in [-0.15, -0.1) is 0 Å². The highest BCUT2D eigenvalue weighted by Gasteiger charge is 2.30. The fourth-order valence-corrected chi connectivity index (χ4v) is 4.15. The van der Waals surface area contributed by atoms with Crippen molar-refractivity contribution in [1.82, 2.24) is 20.5 Å².